The smallest absolute Gasteiger partial charge is 0.326 e. The van der Waals surface area contributed by atoms with Gasteiger partial charge in [0.05, 0.1) is 0 Å². The summed E-state index contributed by atoms with van der Waals surface area (Å²) in [6, 6.07) is 5.65. The first kappa shape index (κ1) is 15.5. The third kappa shape index (κ3) is 3.80. The van der Waals surface area contributed by atoms with Gasteiger partial charge in [-0.2, -0.15) is 0 Å². The van der Waals surface area contributed by atoms with Crippen LogP contribution in [-0.2, 0) is 16.0 Å². The zero-order valence-electron chi connectivity index (χ0n) is 12.1. The molecular formula is C16H20FNO3. The van der Waals surface area contributed by atoms with E-state index in [4.69, 9.17) is 5.11 Å². The Kier molecular flexibility index (Phi) is 4.94. The Hall–Kier alpha value is -1.91. The van der Waals surface area contributed by atoms with E-state index in [-0.39, 0.29) is 17.6 Å². The summed E-state index contributed by atoms with van der Waals surface area (Å²) in [5.41, 5.74) is 0.853. The number of carboxylic acids is 1. The molecule has 1 amide bonds. The van der Waals surface area contributed by atoms with E-state index in [9.17, 15) is 14.0 Å². The standard InChI is InChI=1S/C16H20FNO3/c1-11(7-8-12-4-2-5-13(17)10-12)15(19)18-9-3-6-14(18)16(20)21/h2,4-5,10-11,14H,3,6-9H2,1H3,(H,20,21)/t11?,14-/m0/s1. The molecule has 4 nitrogen and oxygen atoms in total. The van der Waals surface area contributed by atoms with Gasteiger partial charge in [-0.05, 0) is 43.4 Å². The number of carboxylic acid groups (broad SMARTS) is 1. The lowest BCUT2D eigenvalue weighted by Crippen LogP contribution is -2.43. The Bertz CT molecular complexity index is 532. The third-order valence-corrected chi connectivity index (χ3v) is 4.00. The summed E-state index contributed by atoms with van der Waals surface area (Å²) >= 11 is 0. The Balaban J connectivity index is 1.92. The summed E-state index contributed by atoms with van der Waals surface area (Å²) in [5, 5.41) is 9.12. The van der Waals surface area contributed by atoms with Gasteiger partial charge in [-0.15, -0.1) is 0 Å². The molecule has 1 aliphatic heterocycles. The van der Waals surface area contributed by atoms with Gasteiger partial charge in [-0.1, -0.05) is 19.1 Å². The number of amides is 1. The first-order chi connectivity index (χ1) is 9.99. The first-order valence-electron chi connectivity index (χ1n) is 7.26. The van der Waals surface area contributed by atoms with Crippen LogP contribution in [0.3, 0.4) is 0 Å². The molecule has 1 saturated heterocycles. The summed E-state index contributed by atoms with van der Waals surface area (Å²) in [6.45, 7) is 2.32. The number of aliphatic carboxylic acids is 1. The van der Waals surface area contributed by atoms with Crippen LogP contribution in [0.2, 0.25) is 0 Å². The summed E-state index contributed by atoms with van der Waals surface area (Å²) in [5.74, 6) is -1.58. The molecule has 21 heavy (non-hydrogen) atoms. The van der Waals surface area contributed by atoms with Gasteiger partial charge < -0.3 is 10.0 Å². The van der Waals surface area contributed by atoms with E-state index in [0.29, 0.717) is 25.8 Å². The molecule has 0 saturated carbocycles. The van der Waals surface area contributed by atoms with Gasteiger partial charge in [0.15, 0.2) is 0 Å². The number of rotatable bonds is 5. The van der Waals surface area contributed by atoms with Crippen molar-refractivity contribution in [2.45, 2.75) is 38.6 Å². The van der Waals surface area contributed by atoms with Crippen molar-refractivity contribution in [2.75, 3.05) is 6.54 Å². The minimum atomic E-state index is -0.932. The fraction of sp³-hybridized carbons (Fsp3) is 0.500. The maximum absolute atomic E-state index is 13.1. The lowest BCUT2D eigenvalue weighted by molar-refractivity contribution is -0.149. The average molecular weight is 293 g/mol. The summed E-state index contributed by atoms with van der Waals surface area (Å²) in [4.78, 5) is 24.9. The lowest BCUT2D eigenvalue weighted by atomic mass is 9.99. The second-order valence-electron chi connectivity index (χ2n) is 5.60. The van der Waals surface area contributed by atoms with Crippen LogP contribution in [0.1, 0.15) is 31.7 Å². The van der Waals surface area contributed by atoms with Crippen LogP contribution in [-0.4, -0.2) is 34.5 Å². The number of benzene rings is 1. The van der Waals surface area contributed by atoms with Crippen molar-refractivity contribution in [3.8, 4) is 0 Å². The topological polar surface area (TPSA) is 57.6 Å². The van der Waals surface area contributed by atoms with Crippen LogP contribution in [0, 0.1) is 11.7 Å². The number of nitrogens with zero attached hydrogens (tertiary/aromatic N) is 1. The second-order valence-corrected chi connectivity index (χ2v) is 5.60. The van der Waals surface area contributed by atoms with Crippen molar-refractivity contribution in [1.29, 1.82) is 0 Å². The molecule has 0 aromatic heterocycles. The molecule has 1 aromatic carbocycles. The minimum absolute atomic E-state index is 0.115. The van der Waals surface area contributed by atoms with Crippen molar-refractivity contribution in [2.24, 2.45) is 5.92 Å². The van der Waals surface area contributed by atoms with Crippen LogP contribution in [0.5, 0.6) is 0 Å². The van der Waals surface area contributed by atoms with Gasteiger partial charge in [-0.25, -0.2) is 9.18 Å². The quantitative estimate of drug-likeness (QED) is 0.907. The SMILES string of the molecule is CC(CCc1cccc(F)c1)C(=O)N1CCC[C@H]1C(=O)O. The van der Waals surface area contributed by atoms with Crippen molar-refractivity contribution in [1.82, 2.24) is 4.90 Å². The highest BCUT2D eigenvalue weighted by molar-refractivity contribution is 5.85. The Morgan fingerprint density at radius 3 is 2.90 bits per heavy atom. The van der Waals surface area contributed by atoms with E-state index in [0.717, 1.165) is 12.0 Å². The van der Waals surface area contributed by atoms with Gasteiger partial charge >= 0.3 is 5.97 Å². The molecule has 1 heterocycles. The molecule has 1 fully saturated rings. The predicted octanol–water partition coefficient (Wildman–Crippen LogP) is 2.47. The molecule has 1 aromatic rings. The molecule has 0 bridgehead atoms. The Morgan fingerprint density at radius 2 is 2.24 bits per heavy atom. The number of carbonyl (C=O) groups is 2. The zero-order chi connectivity index (χ0) is 15.4. The van der Waals surface area contributed by atoms with Crippen LogP contribution < -0.4 is 0 Å². The summed E-state index contributed by atoms with van der Waals surface area (Å²) < 4.78 is 13.1. The second kappa shape index (κ2) is 6.70. The van der Waals surface area contributed by atoms with Crippen LogP contribution >= 0.6 is 0 Å². The number of hydrogen-bond acceptors (Lipinski definition) is 2. The Morgan fingerprint density at radius 1 is 1.48 bits per heavy atom. The molecule has 1 unspecified atom stereocenters. The highest BCUT2D eigenvalue weighted by Crippen LogP contribution is 2.22. The van der Waals surface area contributed by atoms with E-state index in [2.05, 4.69) is 0 Å². The lowest BCUT2D eigenvalue weighted by Gasteiger charge is -2.24. The molecular weight excluding hydrogens is 273 g/mol. The largest absolute Gasteiger partial charge is 0.480 e. The van der Waals surface area contributed by atoms with Crippen molar-refractivity contribution < 1.29 is 19.1 Å². The zero-order valence-corrected chi connectivity index (χ0v) is 12.1. The summed E-state index contributed by atoms with van der Waals surface area (Å²) in [7, 11) is 0. The van der Waals surface area contributed by atoms with Gasteiger partial charge in [0.1, 0.15) is 11.9 Å². The molecule has 0 radical (unpaired) electrons. The minimum Gasteiger partial charge on any atom is -0.480 e. The molecule has 114 valence electrons. The highest BCUT2D eigenvalue weighted by Gasteiger charge is 2.35. The number of aryl methyl sites for hydroxylation is 1. The maximum Gasteiger partial charge on any atom is 0.326 e. The summed E-state index contributed by atoms with van der Waals surface area (Å²) in [6.07, 6.45) is 2.46. The number of halogens is 1. The van der Waals surface area contributed by atoms with E-state index >= 15 is 0 Å². The monoisotopic (exact) mass is 293 g/mol. The molecule has 1 N–H and O–H groups in total. The van der Waals surface area contributed by atoms with Crippen LogP contribution in [0.15, 0.2) is 24.3 Å². The van der Waals surface area contributed by atoms with E-state index in [1.54, 1.807) is 13.0 Å². The van der Waals surface area contributed by atoms with Gasteiger partial charge in [0.25, 0.3) is 0 Å². The molecule has 1 aliphatic rings. The molecule has 5 heteroatoms. The van der Waals surface area contributed by atoms with Gasteiger partial charge in [-0.3, -0.25) is 4.79 Å². The van der Waals surface area contributed by atoms with Crippen LogP contribution in [0.4, 0.5) is 4.39 Å². The van der Waals surface area contributed by atoms with Crippen LogP contribution in [0.25, 0.3) is 0 Å². The van der Waals surface area contributed by atoms with Gasteiger partial charge in [0.2, 0.25) is 5.91 Å². The average Bonchev–Trinajstić information content (AvgIpc) is 2.93. The third-order valence-electron chi connectivity index (χ3n) is 4.00. The predicted molar refractivity (Wildman–Crippen MR) is 76.3 cm³/mol. The van der Waals surface area contributed by atoms with Gasteiger partial charge in [0, 0.05) is 12.5 Å². The van der Waals surface area contributed by atoms with Crippen molar-refractivity contribution in [3.05, 3.63) is 35.6 Å². The fourth-order valence-corrected chi connectivity index (χ4v) is 2.77. The molecule has 0 spiro atoms. The van der Waals surface area contributed by atoms with Crippen molar-refractivity contribution in [3.63, 3.8) is 0 Å². The molecule has 2 atom stereocenters. The normalized spacial score (nSPS) is 19.5. The highest BCUT2D eigenvalue weighted by atomic mass is 19.1. The number of carbonyl (C=O) groups excluding carboxylic acids is 1. The fourth-order valence-electron chi connectivity index (χ4n) is 2.77. The molecule has 0 aliphatic carbocycles. The van der Waals surface area contributed by atoms with E-state index in [1.807, 2.05) is 6.07 Å². The Labute approximate surface area is 123 Å². The van der Waals surface area contributed by atoms with Crippen molar-refractivity contribution >= 4 is 11.9 Å². The number of likely N-dealkylation sites (tertiary alicyclic amines) is 1. The first-order valence-corrected chi connectivity index (χ1v) is 7.26. The maximum atomic E-state index is 13.1. The molecule has 2 rings (SSSR count). The number of hydrogen-bond donors (Lipinski definition) is 1. The van der Waals surface area contributed by atoms with E-state index < -0.39 is 12.0 Å². The van der Waals surface area contributed by atoms with E-state index in [1.165, 1.54) is 17.0 Å².